The van der Waals surface area contributed by atoms with Crippen LogP contribution in [0.15, 0.2) is 24.3 Å². The summed E-state index contributed by atoms with van der Waals surface area (Å²) in [6.07, 6.45) is 2.91. The van der Waals surface area contributed by atoms with Gasteiger partial charge in [0.15, 0.2) is 0 Å². The van der Waals surface area contributed by atoms with Crippen molar-refractivity contribution in [3.63, 3.8) is 0 Å². The smallest absolute Gasteiger partial charge is 0.119 e. The van der Waals surface area contributed by atoms with Crippen LogP contribution < -0.4 is 9.57 Å². The van der Waals surface area contributed by atoms with Crippen molar-refractivity contribution in [1.29, 1.82) is 0 Å². The summed E-state index contributed by atoms with van der Waals surface area (Å²) in [5.74, 6) is 0.890. The van der Waals surface area contributed by atoms with Crippen LogP contribution in [0.2, 0.25) is 0 Å². The number of benzene rings is 1. The molecule has 1 aromatic carbocycles. The molecule has 0 aliphatic carbocycles. The Morgan fingerprint density at radius 1 is 1.35 bits per heavy atom. The van der Waals surface area contributed by atoms with Crippen molar-refractivity contribution in [2.75, 3.05) is 13.2 Å². The summed E-state index contributed by atoms with van der Waals surface area (Å²) in [5, 5.41) is 9.01. The second kappa shape index (κ2) is 8.34. The third-order valence-corrected chi connectivity index (χ3v) is 2.86. The SMILES string of the molecule is CCCCOc1ccc(CC(CO)NCl)cc1. The Bertz CT molecular complexity index is 299. The lowest BCUT2D eigenvalue weighted by molar-refractivity contribution is 0.257. The maximum atomic E-state index is 9.01. The highest BCUT2D eigenvalue weighted by Gasteiger charge is 2.06. The first kappa shape index (κ1) is 14.3. The number of hydrogen-bond acceptors (Lipinski definition) is 3. The molecule has 0 heterocycles. The lowest BCUT2D eigenvalue weighted by Gasteiger charge is -2.12. The molecule has 2 N–H and O–H groups in total. The number of unbranched alkanes of at least 4 members (excludes halogenated alkanes) is 1. The molecule has 1 unspecified atom stereocenters. The Morgan fingerprint density at radius 2 is 2.06 bits per heavy atom. The van der Waals surface area contributed by atoms with Crippen LogP contribution in [-0.2, 0) is 6.42 Å². The third kappa shape index (κ3) is 5.39. The van der Waals surface area contributed by atoms with Crippen molar-refractivity contribution in [1.82, 2.24) is 4.84 Å². The average Bonchev–Trinajstić information content (AvgIpc) is 2.38. The van der Waals surface area contributed by atoms with Crippen molar-refractivity contribution in [2.45, 2.75) is 32.2 Å². The van der Waals surface area contributed by atoms with Crippen molar-refractivity contribution in [2.24, 2.45) is 0 Å². The van der Waals surface area contributed by atoms with E-state index in [4.69, 9.17) is 21.6 Å². The first-order chi connectivity index (χ1) is 8.30. The van der Waals surface area contributed by atoms with E-state index in [1.165, 1.54) is 0 Å². The van der Waals surface area contributed by atoms with Gasteiger partial charge in [-0.05, 0) is 42.3 Å². The average molecular weight is 258 g/mol. The molecule has 1 atom stereocenters. The van der Waals surface area contributed by atoms with Crippen LogP contribution in [0.5, 0.6) is 5.75 Å². The molecule has 3 nitrogen and oxygen atoms in total. The molecule has 1 rings (SSSR count). The van der Waals surface area contributed by atoms with Gasteiger partial charge in [-0.2, -0.15) is 0 Å². The molecule has 0 aromatic heterocycles. The van der Waals surface area contributed by atoms with Crippen LogP contribution in [-0.4, -0.2) is 24.4 Å². The second-order valence-electron chi connectivity index (χ2n) is 4.04. The van der Waals surface area contributed by atoms with Crippen LogP contribution in [0, 0.1) is 0 Å². The van der Waals surface area contributed by atoms with Crippen molar-refractivity contribution in [3.8, 4) is 5.75 Å². The first-order valence-electron chi connectivity index (χ1n) is 5.99. The maximum Gasteiger partial charge on any atom is 0.119 e. The van der Waals surface area contributed by atoms with Gasteiger partial charge >= 0.3 is 0 Å². The van der Waals surface area contributed by atoms with E-state index in [1.807, 2.05) is 24.3 Å². The van der Waals surface area contributed by atoms with Gasteiger partial charge in [-0.15, -0.1) is 0 Å². The van der Waals surface area contributed by atoms with Gasteiger partial charge in [-0.25, -0.2) is 4.84 Å². The zero-order valence-corrected chi connectivity index (χ0v) is 10.9. The minimum atomic E-state index is -0.108. The number of aliphatic hydroxyl groups excluding tert-OH is 1. The number of rotatable bonds is 8. The van der Waals surface area contributed by atoms with E-state index in [9.17, 15) is 0 Å². The van der Waals surface area contributed by atoms with Gasteiger partial charge in [-0.3, -0.25) is 0 Å². The molecule has 0 spiro atoms. The van der Waals surface area contributed by atoms with Crippen LogP contribution in [0.4, 0.5) is 0 Å². The normalized spacial score (nSPS) is 12.4. The zero-order valence-electron chi connectivity index (χ0n) is 10.2. The van der Waals surface area contributed by atoms with Gasteiger partial charge in [0.2, 0.25) is 0 Å². The third-order valence-electron chi connectivity index (χ3n) is 2.55. The Labute approximate surface area is 108 Å². The summed E-state index contributed by atoms with van der Waals surface area (Å²) in [6.45, 7) is 2.93. The molecule has 0 amide bonds. The van der Waals surface area contributed by atoms with Gasteiger partial charge in [0.05, 0.1) is 13.2 Å². The molecule has 0 bridgehead atoms. The molecule has 0 saturated carbocycles. The topological polar surface area (TPSA) is 41.5 Å². The number of ether oxygens (including phenoxy) is 1. The number of nitrogens with one attached hydrogen (secondary N) is 1. The van der Waals surface area contributed by atoms with Gasteiger partial charge in [-0.1, -0.05) is 25.5 Å². The molecule has 0 radical (unpaired) electrons. The van der Waals surface area contributed by atoms with Crippen LogP contribution in [0.1, 0.15) is 25.3 Å². The second-order valence-corrected chi connectivity index (χ2v) is 4.26. The summed E-state index contributed by atoms with van der Waals surface area (Å²) in [6, 6.07) is 7.79. The van der Waals surface area contributed by atoms with E-state index in [2.05, 4.69) is 11.8 Å². The first-order valence-corrected chi connectivity index (χ1v) is 6.36. The monoisotopic (exact) mass is 257 g/mol. The summed E-state index contributed by atoms with van der Waals surface area (Å²) in [5.41, 5.74) is 1.13. The minimum absolute atomic E-state index is 0.0260. The summed E-state index contributed by atoms with van der Waals surface area (Å²) in [7, 11) is 0. The minimum Gasteiger partial charge on any atom is -0.494 e. The predicted molar refractivity (Wildman–Crippen MR) is 70.4 cm³/mol. The van der Waals surface area contributed by atoms with E-state index in [1.54, 1.807) is 0 Å². The van der Waals surface area contributed by atoms with Gasteiger partial charge in [0.25, 0.3) is 0 Å². The zero-order chi connectivity index (χ0) is 12.5. The van der Waals surface area contributed by atoms with Gasteiger partial charge in [0.1, 0.15) is 5.75 Å². The van der Waals surface area contributed by atoms with E-state index >= 15 is 0 Å². The number of aliphatic hydroxyl groups is 1. The molecule has 0 aliphatic heterocycles. The Kier molecular flexibility index (Phi) is 7.01. The predicted octanol–water partition coefficient (Wildman–Crippen LogP) is 2.51. The Balaban J connectivity index is 2.44. The summed E-state index contributed by atoms with van der Waals surface area (Å²) >= 11 is 5.50. The summed E-state index contributed by atoms with van der Waals surface area (Å²) < 4.78 is 5.57. The Hall–Kier alpha value is -0.770. The molecular formula is C13H20ClNO2. The molecule has 4 heteroatoms. The fourth-order valence-corrected chi connectivity index (χ4v) is 1.62. The van der Waals surface area contributed by atoms with Crippen molar-refractivity contribution >= 4 is 11.8 Å². The van der Waals surface area contributed by atoms with E-state index in [-0.39, 0.29) is 12.6 Å². The fourth-order valence-electron chi connectivity index (χ4n) is 1.48. The maximum absolute atomic E-state index is 9.01. The summed E-state index contributed by atoms with van der Waals surface area (Å²) in [4.78, 5) is 2.55. The van der Waals surface area contributed by atoms with E-state index in [0.717, 1.165) is 30.8 Å². The molecule has 0 saturated heterocycles. The van der Waals surface area contributed by atoms with Gasteiger partial charge < -0.3 is 9.84 Å². The highest BCUT2D eigenvalue weighted by molar-refractivity contribution is 6.13. The number of halogens is 1. The largest absolute Gasteiger partial charge is 0.494 e. The highest BCUT2D eigenvalue weighted by Crippen LogP contribution is 2.14. The standard InChI is InChI=1S/C13H20ClNO2/c1-2-3-8-17-13-6-4-11(5-7-13)9-12(10-16)15-14/h4-7,12,15-16H,2-3,8-10H2,1H3. The number of hydrogen-bond donors (Lipinski definition) is 2. The van der Waals surface area contributed by atoms with E-state index in [0.29, 0.717) is 6.42 Å². The van der Waals surface area contributed by atoms with Gasteiger partial charge in [0, 0.05) is 6.04 Å². The molecule has 17 heavy (non-hydrogen) atoms. The molecule has 0 aliphatic rings. The lowest BCUT2D eigenvalue weighted by Crippen LogP contribution is -2.27. The molecular weight excluding hydrogens is 238 g/mol. The Morgan fingerprint density at radius 3 is 2.59 bits per heavy atom. The van der Waals surface area contributed by atoms with Crippen molar-refractivity contribution < 1.29 is 9.84 Å². The quantitative estimate of drug-likeness (QED) is 0.555. The fraction of sp³-hybridized carbons (Fsp3) is 0.538. The van der Waals surface area contributed by atoms with E-state index < -0.39 is 0 Å². The highest BCUT2D eigenvalue weighted by atomic mass is 35.5. The van der Waals surface area contributed by atoms with Crippen molar-refractivity contribution in [3.05, 3.63) is 29.8 Å². The molecule has 0 fully saturated rings. The van der Waals surface area contributed by atoms with Crippen LogP contribution >= 0.6 is 11.8 Å². The van der Waals surface area contributed by atoms with Crippen LogP contribution in [0.3, 0.4) is 0 Å². The molecule has 1 aromatic rings. The molecule has 96 valence electrons. The lowest BCUT2D eigenvalue weighted by atomic mass is 10.1. The van der Waals surface area contributed by atoms with Crippen LogP contribution in [0.25, 0.3) is 0 Å².